The Morgan fingerprint density at radius 3 is 2.15 bits per heavy atom. The molecule has 3 aromatic rings. The minimum absolute atomic E-state index is 0.0888. The summed E-state index contributed by atoms with van der Waals surface area (Å²) in [5, 5.41) is 20.5. The molecule has 0 saturated carbocycles. The maximum Gasteiger partial charge on any atom is 0.407 e. The first-order valence-electron chi connectivity index (χ1n) is 10.4. The van der Waals surface area contributed by atoms with Gasteiger partial charge in [0.05, 0.1) is 0 Å². The molecule has 1 unspecified atom stereocenters. The summed E-state index contributed by atoms with van der Waals surface area (Å²) in [5.41, 5.74) is 5.77. The number of carboxylic acids is 1. The number of carbonyl (C=O) groups excluding carboxylic acids is 1. The zero-order valence-electron chi connectivity index (χ0n) is 17.6. The first-order valence-corrected chi connectivity index (χ1v) is 10.4. The molecule has 0 radical (unpaired) electrons. The number of carboxylic acid groups (broad SMARTS) is 1. The summed E-state index contributed by atoms with van der Waals surface area (Å²) < 4.78 is 5.46. The smallest absolute Gasteiger partial charge is 0.407 e. The molecule has 0 bridgehead atoms. The number of hydrogen-bond acceptors (Lipinski definition) is 4. The number of benzene rings is 3. The van der Waals surface area contributed by atoms with E-state index in [9.17, 15) is 14.7 Å². The molecular weight excluding hydrogens is 416 g/mol. The van der Waals surface area contributed by atoms with Crippen LogP contribution < -0.4 is 5.32 Å². The average molecular weight is 436 g/mol. The predicted molar refractivity (Wildman–Crippen MR) is 122 cm³/mol. The number of rotatable bonds is 6. The fraction of sp³-hybridized carbons (Fsp3) is 0.148. The Balaban J connectivity index is 1.40. The van der Waals surface area contributed by atoms with Crippen LogP contribution in [0.1, 0.15) is 28.2 Å². The van der Waals surface area contributed by atoms with Crippen molar-refractivity contribution in [1.29, 1.82) is 5.26 Å². The molecule has 0 heterocycles. The van der Waals surface area contributed by atoms with Crippen molar-refractivity contribution in [3.05, 3.63) is 95.1 Å². The Kier molecular flexibility index (Phi) is 6.38. The summed E-state index contributed by atoms with van der Waals surface area (Å²) in [6.07, 6.45) is -0.688. The number of aliphatic carboxylic acids is 1. The number of carbonyl (C=O) groups is 2. The Morgan fingerprint density at radius 1 is 0.970 bits per heavy atom. The number of ether oxygens (including phenoxy) is 1. The molecule has 2 N–H and O–H groups in total. The number of nitrogens with zero attached hydrogens (tertiary/aromatic N) is 1. The fourth-order valence-electron chi connectivity index (χ4n) is 4.04. The van der Waals surface area contributed by atoms with Gasteiger partial charge in [0.15, 0.2) is 6.07 Å². The highest BCUT2D eigenvalue weighted by atomic mass is 16.5. The van der Waals surface area contributed by atoms with Gasteiger partial charge in [-0.1, -0.05) is 66.6 Å². The third-order valence-corrected chi connectivity index (χ3v) is 5.59. The van der Waals surface area contributed by atoms with Crippen molar-refractivity contribution in [3.63, 3.8) is 0 Å². The minimum Gasteiger partial charge on any atom is -0.480 e. The van der Waals surface area contributed by atoms with E-state index in [1.807, 2.05) is 48.5 Å². The zero-order chi connectivity index (χ0) is 23.2. The Morgan fingerprint density at radius 2 is 1.58 bits per heavy atom. The van der Waals surface area contributed by atoms with E-state index in [1.54, 1.807) is 30.3 Å². The third-order valence-electron chi connectivity index (χ3n) is 5.59. The van der Waals surface area contributed by atoms with Crippen molar-refractivity contribution in [2.45, 2.75) is 18.4 Å². The summed E-state index contributed by atoms with van der Waals surface area (Å²) in [6, 6.07) is 23.4. The van der Waals surface area contributed by atoms with Gasteiger partial charge >= 0.3 is 12.1 Å². The van der Waals surface area contributed by atoms with Crippen LogP contribution in [0.3, 0.4) is 0 Å². The van der Waals surface area contributed by atoms with E-state index in [-0.39, 0.29) is 18.9 Å². The highest BCUT2D eigenvalue weighted by Crippen LogP contribution is 2.44. The second-order valence-electron chi connectivity index (χ2n) is 7.62. The van der Waals surface area contributed by atoms with Crippen LogP contribution in [-0.2, 0) is 16.0 Å². The lowest BCUT2D eigenvalue weighted by Gasteiger charge is -2.17. The molecule has 6 nitrogen and oxygen atoms in total. The summed E-state index contributed by atoms with van der Waals surface area (Å²) in [4.78, 5) is 24.2. The van der Waals surface area contributed by atoms with Gasteiger partial charge in [-0.2, -0.15) is 5.26 Å². The van der Waals surface area contributed by atoms with E-state index < -0.39 is 18.1 Å². The third kappa shape index (κ3) is 4.87. The van der Waals surface area contributed by atoms with Gasteiger partial charge in [0.2, 0.25) is 0 Å². The van der Waals surface area contributed by atoms with Gasteiger partial charge < -0.3 is 15.2 Å². The lowest BCUT2D eigenvalue weighted by molar-refractivity contribution is -0.139. The average Bonchev–Trinajstić information content (AvgIpc) is 3.15. The van der Waals surface area contributed by atoms with Crippen molar-refractivity contribution < 1.29 is 19.4 Å². The summed E-state index contributed by atoms with van der Waals surface area (Å²) in [5.74, 6) is 3.72. The highest BCUT2D eigenvalue weighted by Gasteiger charge is 2.29. The lowest BCUT2D eigenvalue weighted by atomic mass is 9.98. The molecule has 6 heteroatoms. The van der Waals surface area contributed by atoms with Crippen LogP contribution in [0.25, 0.3) is 11.1 Å². The van der Waals surface area contributed by atoms with Crippen LogP contribution in [0.5, 0.6) is 0 Å². The molecule has 1 amide bonds. The maximum atomic E-state index is 12.5. The predicted octanol–water partition coefficient (Wildman–Crippen LogP) is 4.10. The van der Waals surface area contributed by atoms with Gasteiger partial charge in [-0.25, -0.2) is 9.59 Å². The van der Waals surface area contributed by atoms with Crippen LogP contribution >= 0.6 is 0 Å². The minimum atomic E-state index is -1.16. The monoisotopic (exact) mass is 436 g/mol. The van der Waals surface area contributed by atoms with Crippen molar-refractivity contribution >= 4 is 12.1 Å². The van der Waals surface area contributed by atoms with Crippen molar-refractivity contribution in [2.24, 2.45) is 0 Å². The quantitative estimate of drug-likeness (QED) is 0.567. The van der Waals surface area contributed by atoms with Crippen LogP contribution in [0.2, 0.25) is 0 Å². The number of alkyl carbamates (subject to hydrolysis) is 1. The van der Waals surface area contributed by atoms with Crippen molar-refractivity contribution in [2.75, 3.05) is 6.61 Å². The molecule has 0 spiro atoms. The second-order valence-corrected chi connectivity index (χ2v) is 7.62. The molecule has 1 aliphatic carbocycles. The van der Waals surface area contributed by atoms with E-state index in [4.69, 9.17) is 10.00 Å². The van der Waals surface area contributed by atoms with Crippen molar-refractivity contribution in [1.82, 2.24) is 5.32 Å². The van der Waals surface area contributed by atoms with Crippen molar-refractivity contribution in [3.8, 4) is 29.0 Å². The number of nitriles is 1. The molecule has 1 aliphatic rings. The SMILES string of the molecule is N#CC#Cc1ccc(CC(NC(=O)OCC2c3ccccc3-c3ccccc32)C(=O)O)cc1. The summed E-state index contributed by atoms with van der Waals surface area (Å²) in [7, 11) is 0. The van der Waals surface area contributed by atoms with Gasteiger partial charge in [-0.3, -0.25) is 0 Å². The van der Waals surface area contributed by atoms with E-state index in [1.165, 1.54) is 0 Å². The largest absolute Gasteiger partial charge is 0.480 e. The number of amides is 1. The second kappa shape index (κ2) is 9.72. The molecule has 162 valence electrons. The summed E-state index contributed by atoms with van der Waals surface area (Å²) >= 11 is 0. The molecule has 4 rings (SSSR count). The van der Waals surface area contributed by atoms with Crippen LogP contribution in [0, 0.1) is 23.2 Å². The number of hydrogen-bond donors (Lipinski definition) is 2. The first kappa shape index (κ1) is 21.7. The Labute approximate surface area is 191 Å². The van der Waals surface area contributed by atoms with Gasteiger partial charge in [-0.15, -0.1) is 0 Å². The first-order chi connectivity index (χ1) is 16.1. The number of fused-ring (bicyclic) bond motifs is 3. The molecule has 0 saturated heterocycles. The maximum absolute atomic E-state index is 12.5. The van der Waals surface area contributed by atoms with Gasteiger partial charge in [0.1, 0.15) is 12.6 Å². The molecule has 0 aromatic heterocycles. The zero-order valence-corrected chi connectivity index (χ0v) is 17.6. The summed E-state index contributed by atoms with van der Waals surface area (Å²) in [6.45, 7) is 0.110. The molecule has 33 heavy (non-hydrogen) atoms. The van der Waals surface area contributed by atoms with E-state index >= 15 is 0 Å². The lowest BCUT2D eigenvalue weighted by Crippen LogP contribution is -2.42. The van der Waals surface area contributed by atoms with Gasteiger partial charge in [0.25, 0.3) is 0 Å². The molecule has 3 aromatic carbocycles. The van der Waals surface area contributed by atoms with Gasteiger partial charge in [-0.05, 0) is 39.9 Å². The van der Waals surface area contributed by atoms with E-state index in [0.29, 0.717) is 11.1 Å². The standard InChI is InChI=1S/C27H20N2O4/c28-15-5-6-18-11-13-19(14-12-18)16-25(26(30)31)29-27(32)33-17-24-22-9-3-1-7-20(22)21-8-2-4-10-23(21)24/h1-4,7-14,24-25H,16-17H2,(H,29,32)(H,30,31). The Hall–Kier alpha value is -4.55. The van der Waals surface area contributed by atoms with E-state index in [2.05, 4.69) is 17.2 Å². The van der Waals surface area contributed by atoms with Gasteiger partial charge in [0, 0.05) is 23.8 Å². The van der Waals surface area contributed by atoms with Crippen LogP contribution in [-0.4, -0.2) is 29.8 Å². The van der Waals surface area contributed by atoms with E-state index in [0.717, 1.165) is 22.3 Å². The van der Waals surface area contributed by atoms with Crippen LogP contribution in [0.15, 0.2) is 72.8 Å². The highest BCUT2D eigenvalue weighted by molar-refractivity contribution is 5.81. The normalized spacial score (nSPS) is 12.3. The molecular formula is C27H20N2O4. The topological polar surface area (TPSA) is 99.4 Å². The Bertz CT molecular complexity index is 1250. The fourth-order valence-corrected chi connectivity index (χ4v) is 4.04. The number of nitrogens with one attached hydrogen (secondary N) is 1. The van der Waals surface area contributed by atoms with Crippen LogP contribution in [0.4, 0.5) is 4.79 Å². The molecule has 0 aliphatic heterocycles. The molecule has 1 atom stereocenters. The molecule has 0 fully saturated rings.